The SMILES string of the molecule is [CH2]/C=C/c1ccc(N)cc1C(=O)OC/C=C/c1ccccc1. The Balaban J connectivity index is 2.01. The third-order valence-electron chi connectivity index (χ3n) is 3.02. The number of ether oxygens (including phenoxy) is 1. The van der Waals surface area contributed by atoms with Crippen molar-refractivity contribution in [3.63, 3.8) is 0 Å². The van der Waals surface area contributed by atoms with Crippen molar-refractivity contribution in [1.29, 1.82) is 0 Å². The third kappa shape index (κ3) is 4.35. The Hall–Kier alpha value is -2.81. The second kappa shape index (κ2) is 7.84. The molecule has 0 heterocycles. The molecule has 0 aliphatic heterocycles. The molecule has 3 heteroatoms. The summed E-state index contributed by atoms with van der Waals surface area (Å²) in [6.45, 7) is 3.84. The van der Waals surface area contributed by atoms with Crippen molar-refractivity contribution in [2.45, 2.75) is 0 Å². The maximum Gasteiger partial charge on any atom is 0.339 e. The molecule has 0 aliphatic rings. The van der Waals surface area contributed by atoms with Gasteiger partial charge in [0, 0.05) is 5.69 Å². The summed E-state index contributed by atoms with van der Waals surface area (Å²) in [5.74, 6) is -0.405. The van der Waals surface area contributed by atoms with E-state index in [1.54, 1.807) is 36.4 Å². The van der Waals surface area contributed by atoms with Gasteiger partial charge in [0.05, 0.1) is 5.56 Å². The fourth-order valence-corrected chi connectivity index (χ4v) is 1.97. The van der Waals surface area contributed by atoms with Gasteiger partial charge in [-0.1, -0.05) is 54.6 Å². The second-order valence-corrected chi connectivity index (χ2v) is 4.66. The Morgan fingerprint density at radius 1 is 1.14 bits per heavy atom. The normalized spacial score (nSPS) is 11.1. The molecule has 3 nitrogen and oxygen atoms in total. The maximum absolute atomic E-state index is 12.1. The molecule has 0 atom stereocenters. The van der Waals surface area contributed by atoms with Crippen molar-refractivity contribution in [3.8, 4) is 0 Å². The van der Waals surface area contributed by atoms with Crippen LogP contribution in [0.15, 0.2) is 60.7 Å². The minimum Gasteiger partial charge on any atom is -0.458 e. The van der Waals surface area contributed by atoms with E-state index in [4.69, 9.17) is 10.5 Å². The molecule has 0 fully saturated rings. The van der Waals surface area contributed by atoms with Crippen LogP contribution in [0.2, 0.25) is 0 Å². The number of nitrogen functional groups attached to an aromatic ring is 1. The molecule has 0 aromatic heterocycles. The summed E-state index contributed by atoms with van der Waals surface area (Å²) in [4.78, 5) is 12.1. The average Bonchev–Trinajstić information content (AvgIpc) is 2.54. The number of carbonyl (C=O) groups excluding carboxylic acids is 1. The lowest BCUT2D eigenvalue weighted by Gasteiger charge is -2.07. The number of nitrogens with two attached hydrogens (primary N) is 1. The first kappa shape index (κ1) is 15.6. The predicted molar refractivity (Wildman–Crippen MR) is 91.0 cm³/mol. The van der Waals surface area contributed by atoms with Crippen LogP contribution in [0.4, 0.5) is 5.69 Å². The number of anilines is 1. The largest absolute Gasteiger partial charge is 0.458 e. The van der Waals surface area contributed by atoms with Gasteiger partial charge in [0.1, 0.15) is 6.61 Å². The van der Waals surface area contributed by atoms with E-state index in [2.05, 4.69) is 6.92 Å². The molecule has 0 aliphatic carbocycles. The molecule has 22 heavy (non-hydrogen) atoms. The van der Waals surface area contributed by atoms with Gasteiger partial charge in [-0.05, 0) is 36.3 Å². The second-order valence-electron chi connectivity index (χ2n) is 4.66. The fraction of sp³-hybridized carbons (Fsp3) is 0.0526. The summed E-state index contributed by atoms with van der Waals surface area (Å²) in [7, 11) is 0. The number of allylic oxidation sites excluding steroid dienone is 1. The number of hydrogen-bond donors (Lipinski definition) is 1. The van der Waals surface area contributed by atoms with Crippen LogP contribution >= 0.6 is 0 Å². The first-order valence-electron chi connectivity index (χ1n) is 6.94. The lowest BCUT2D eigenvalue weighted by Crippen LogP contribution is -2.07. The Kier molecular flexibility index (Phi) is 5.55. The maximum atomic E-state index is 12.1. The van der Waals surface area contributed by atoms with Crippen LogP contribution in [-0.2, 0) is 4.74 Å². The number of hydrogen-bond acceptors (Lipinski definition) is 3. The van der Waals surface area contributed by atoms with Crippen LogP contribution in [0.5, 0.6) is 0 Å². The molecule has 1 radical (unpaired) electrons. The molecule has 0 bridgehead atoms. The van der Waals surface area contributed by atoms with Crippen LogP contribution in [0.1, 0.15) is 21.5 Å². The van der Waals surface area contributed by atoms with E-state index in [0.717, 1.165) is 11.1 Å². The van der Waals surface area contributed by atoms with Crippen LogP contribution in [0.25, 0.3) is 12.2 Å². The van der Waals surface area contributed by atoms with Crippen LogP contribution in [0.3, 0.4) is 0 Å². The zero-order valence-electron chi connectivity index (χ0n) is 12.2. The molecule has 0 amide bonds. The van der Waals surface area contributed by atoms with Gasteiger partial charge in [-0.25, -0.2) is 4.79 Å². The van der Waals surface area contributed by atoms with Crippen LogP contribution < -0.4 is 5.73 Å². The van der Waals surface area contributed by atoms with Gasteiger partial charge in [0.25, 0.3) is 0 Å². The van der Waals surface area contributed by atoms with Crippen LogP contribution in [0, 0.1) is 6.92 Å². The van der Waals surface area contributed by atoms with Gasteiger partial charge in [-0.15, -0.1) is 0 Å². The van der Waals surface area contributed by atoms with Crippen molar-refractivity contribution in [3.05, 3.63) is 84.3 Å². The molecular formula is C19H18NO2. The molecule has 2 N–H and O–H groups in total. The van der Waals surface area contributed by atoms with Gasteiger partial charge in [-0.2, -0.15) is 0 Å². The highest BCUT2D eigenvalue weighted by Gasteiger charge is 2.11. The molecule has 0 saturated carbocycles. The van der Waals surface area contributed by atoms with E-state index in [-0.39, 0.29) is 6.61 Å². The number of carbonyl (C=O) groups is 1. The zero-order chi connectivity index (χ0) is 15.8. The van der Waals surface area contributed by atoms with Gasteiger partial charge < -0.3 is 10.5 Å². The lowest BCUT2D eigenvalue weighted by molar-refractivity contribution is 0.0550. The smallest absolute Gasteiger partial charge is 0.339 e. The van der Waals surface area contributed by atoms with Crippen molar-refractivity contribution in [1.82, 2.24) is 0 Å². The molecule has 2 aromatic rings. The first-order chi connectivity index (χ1) is 10.7. The summed E-state index contributed by atoms with van der Waals surface area (Å²) < 4.78 is 5.26. The molecule has 2 aromatic carbocycles. The molecule has 0 spiro atoms. The Morgan fingerprint density at radius 3 is 2.64 bits per heavy atom. The highest BCUT2D eigenvalue weighted by atomic mass is 16.5. The van der Waals surface area contributed by atoms with Crippen molar-refractivity contribution >= 4 is 23.8 Å². The van der Waals surface area contributed by atoms with E-state index in [1.807, 2.05) is 36.4 Å². The van der Waals surface area contributed by atoms with Crippen molar-refractivity contribution in [2.75, 3.05) is 12.3 Å². The average molecular weight is 292 g/mol. The van der Waals surface area contributed by atoms with Gasteiger partial charge in [0.15, 0.2) is 0 Å². The monoisotopic (exact) mass is 292 g/mol. The topological polar surface area (TPSA) is 52.3 Å². The Morgan fingerprint density at radius 2 is 1.91 bits per heavy atom. The zero-order valence-corrected chi connectivity index (χ0v) is 12.2. The summed E-state index contributed by atoms with van der Waals surface area (Å²) in [6.07, 6.45) is 7.08. The van der Waals surface area contributed by atoms with E-state index in [9.17, 15) is 4.79 Å². The molecule has 2 rings (SSSR count). The van der Waals surface area contributed by atoms with E-state index >= 15 is 0 Å². The number of benzene rings is 2. The summed E-state index contributed by atoms with van der Waals surface area (Å²) in [6, 6.07) is 14.9. The lowest BCUT2D eigenvalue weighted by atomic mass is 10.1. The Labute approximate surface area is 130 Å². The van der Waals surface area contributed by atoms with Crippen LogP contribution in [-0.4, -0.2) is 12.6 Å². The van der Waals surface area contributed by atoms with Crippen molar-refractivity contribution in [2.24, 2.45) is 0 Å². The molecule has 0 unspecified atom stereocenters. The third-order valence-corrected chi connectivity index (χ3v) is 3.02. The highest BCUT2D eigenvalue weighted by Crippen LogP contribution is 2.16. The molecule has 0 saturated heterocycles. The number of rotatable bonds is 5. The fourth-order valence-electron chi connectivity index (χ4n) is 1.97. The van der Waals surface area contributed by atoms with Gasteiger partial charge in [-0.3, -0.25) is 0 Å². The minimum absolute atomic E-state index is 0.204. The molecular weight excluding hydrogens is 274 g/mol. The van der Waals surface area contributed by atoms with Gasteiger partial charge >= 0.3 is 5.97 Å². The molecule has 111 valence electrons. The number of esters is 1. The standard InChI is InChI=1S/C19H18NO2/c1-2-7-16-11-12-17(20)14-18(16)19(21)22-13-6-10-15-8-4-3-5-9-15/h2-12,14H,1,13,20H2/b7-2+,10-6+. The highest BCUT2D eigenvalue weighted by molar-refractivity contribution is 5.94. The van der Waals surface area contributed by atoms with E-state index < -0.39 is 5.97 Å². The van der Waals surface area contributed by atoms with Gasteiger partial charge in [0.2, 0.25) is 0 Å². The van der Waals surface area contributed by atoms with E-state index in [0.29, 0.717) is 11.3 Å². The quantitative estimate of drug-likeness (QED) is 0.669. The summed E-state index contributed by atoms with van der Waals surface area (Å²) in [5.41, 5.74) is 8.49. The first-order valence-corrected chi connectivity index (χ1v) is 6.94. The predicted octanol–water partition coefficient (Wildman–Crippen LogP) is 3.99. The minimum atomic E-state index is -0.405. The Bertz CT molecular complexity index is 688. The van der Waals surface area contributed by atoms with E-state index in [1.165, 1.54) is 0 Å². The van der Waals surface area contributed by atoms with Crippen molar-refractivity contribution < 1.29 is 9.53 Å². The summed E-state index contributed by atoms with van der Waals surface area (Å²) >= 11 is 0. The summed E-state index contributed by atoms with van der Waals surface area (Å²) in [5, 5.41) is 0.